The van der Waals surface area contributed by atoms with Crippen LogP contribution in [0.15, 0.2) is 60.3 Å². The van der Waals surface area contributed by atoms with E-state index in [0.29, 0.717) is 12.8 Å². The van der Waals surface area contributed by atoms with Gasteiger partial charge in [0.1, 0.15) is 0 Å². The Balaban J connectivity index is 1.34. The van der Waals surface area contributed by atoms with E-state index in [1.807, 2.05) is 0 Å². The minimum absolute atomic E-state index is 0.0873. The van der Waals surface area contributed by atoms with Gasteiger partial charge in [-0.1, -0.05) is 0 Å². The van der Waals surface area contributed by atoms with Gasteiger partial charge < -0.3 is 0 Å². The van der Waals surface area contributed by atoms with Crippen LogP contribution < -0.4 is 13.6 Å². The number of allylic oxidation sites excluding steroid dienone is 4. The van der Waals surface area contributed by atoms with Crippen molar-refractivity contribution in [2.24, 2.45) is 0 Å². The van der Waals surface area contributed by atoms with Gasteiger partial charge in [0.2, 0.25) is 0 Å². The molecule has 2 aromatic carbocycles. The molecule has 2 saturated heterocycles. The number of benzene rings is 2. The molecule has 6 rings (SSSR count). The van der Waals surface area contributed by atoms with Gasteiger partial charge in [-0.2, -0.15) is 0 Å². The molecule has 48 heavy (non-hydrogen) atoms. The third-order valence-corrected chi connectivity index (χ3v) is 37.9. The molecule has 2 aromatic rings. The average molecular weight is 868 g/mol. The normalized spacial score (nSPS) is 21.7. The molecule has 0 saturated carbocycles. The standard InChI is InChI=1S/C36H48As2N2O3S5/c1-6-7-8-18-39-31-16-14-27(37-44-20-21-45-37)25-29(31)35(2,3)33(39)12-11-13-34-36(4,5)30-26-28(38-46-22-23-47-38)15-17-32(30)40(34)19-9-10-24-48(41,42)43/h11-17,25-26H,6-10,18-24H2,1-5H3/p+1. The molecule has 260 valence electrons. The Labute approximate surface area is 311 Å². The average Bonchev–Trinajstić information content (AvgIpc) is 3.84. The zero-order valence-corrected chi connectivity index (χ0v) is 36.6. The van der Waals surface area contributed by atoms with Crippen LogP contribution in [0.2, 0.25) is 0 Å². The summed E-state index contributed by atoms with van der Waals surface area (Å²) in [6.07, 6.45) is 11.7. The fraction of sp³-hybridized carbons (Fsp3) is 0.528. The van der Waals surface area contributed by atoms with Gasteiger partial charge in [-0.05, 0) is 0 Å². The van der Waals surface area contributed by atoms with E-state index in [9.17, 15) is 13.0 Å². The molecule has 5 nitrogen and oxygen atoms in total. The molecule has 2 fully saturated rings. The fourth-order valence-corrected chi connectivity index (χ4v) is 36.0. The van der Waals surface area contributed by atoms with Crippen LogP contribution in [-0.2, 0) is 20.9 Å². The topological polar surface area (TPSA) is 60.6 Å². The van der Waals surface area contributed by atoms with Crippen LogP contribution in [0.25, 0.3) is 0 Å². The van der Waals surface area contributed by atoms with E-state index >= 15 is 0 Å². The molecular formula is C36H49As2N2O3S5+. The van der Waals surface area contributed by atoms with Crippen LogP contribution in [0, 0.1) is 0 Å². The first kappa shape index (κ1) is 37.6. The molecule has 0 aliphatic carbocycles. The molecular weight excluding hydrogens is 819 g/mol. The van der Waals surface area contributed by atoms with E-state index < -0.39 is 34.8 Å². The first-order valence-electron chi connectivity index (χ1n) is 17.1. The molecule has 1 N–H and O–H groups in total. The number of hydrogen-bond acceptors (Lipinski definition) is 7. The van der Waals surface area contributed by atoms with Crippen molar-refractivity contribution in [1.29, 1.82) is 0 Å². The van der Waals surface area contributed by atoms with E-state index in [1.165, 1.54) is 80.5 Å². The van der Waals surface area contributed by atoms with Crippen molar-refractivity contribution in [3.8, 4) is 0 Å². The first-order valence-corrected chi connectivity index (χ1v) is 33.5. The summed E-state index contributed by atoms with van der Waals surface area (Å²) in [5.74, 6) is 4.92. The van der Waals surface area contributed by atoms with Crippen LogP contribution in [0.3, 0.4) is 0 Å². The van der Waals surface area contributed by atoms with E-state index in [1.54, 1.807) is 4.35 Å². The third kappa shape index (κ3) is 8.07. The number of unbranched alkanes of at least 4 members (excludes halogenated alkanes) is 3. The van der Waals surface area contributed by atoms with Gasteiger partial charge in [-0.25, -0.2) is 0 Å². The summed E-state index contributed by atoms with van der Waals surface area (Å²) in [5.41, 5.74) is 7.81. The predicted octanol–water partition coefficient (Wildman–Crippen LogP) is 7.51. The first-order chi connectivity index (χ1) is 22.9. The number of hydrogen-bond donors (Lipinski definition) is 1. The van der Waals surface area contributed by atoms with Crippen molar-refractivity contribution in [3.63, 3.8) is 0 Å². The summed E-state index contributed by atoms with van der Waals surface area (Å²) in [5, 5.41) is 0. The molecule has 0 atom stereocenters. The van der Waals surface area contributed by atoms with E-state index in [2.05, 4.69) is 139 Å². The maximum absolute atomic E-state index is 11.5. The molecule has 0 radical (unpaired) electrons. The Bertz CT molecular complexity index is 1710. The number of rotatable bonds is 13. The van der Waals surface area contributed by atoms with Crippen LogP contribution in [0.1, 0.15) is 77.8 Å². The van der Waals surface area contributed by atoms with Gasteiger partial charge in [0.15, 0.2) is 0 Å². The van der Waals surface area contributed by atoms with Crippen molar-refractivity contribution >= 4 is 101 Å². The predicted molar refractivity (Wildman–Crippen MR) is 219 cm³/mol. The molecule has 4 aliphatic rings. The summed E-state index contributed by atoms with van der Waals surface area (Å²) in [6, 6.07) is 14.6. The van der Waals surface area contributed by atoms with Gasteiger partial charge >= 0.3 is 314 Å². The van der Waals surface area contributed by atoms with Crippen molar-refractivity contribution in [1.82, 2.24) is 0 Å². The third-order valence-electron chi connectivity index (χ3n) is 9.70. The van der Waals surface area contributed by atoms with Crippen LogP contribution in [0.5, 0.6) is 0 Å². The zero-order valence-electron chi connectivity index (χ0n) is 28.8. The second-order valence-electron chi connectivity index (χ2n) is 13.8. The summed E-state index contributed by atoms with van der Waals surface area (Å²) in [6.45, 7) is 13.5. The zero-order chi connectivity index (χ0) is 34.1. The monoisotopic (exact) mass is 867 g/mol. The molecule has 12 heteroatoms. The van der Waals surface area contributed by atoms with Crippen molar-refractivity contribution in [3.05, 3.63) is 71.5 Å². The quantitative estimate of drug-likeness (QED) is 0.0963. The SMILES string of the molecule is CCCCC[N+]1=C(/C=C/C=C2/N(CCCCS(=O)(=O)O)c3ccc([As]4SCCS4)cc3C2(C)C)C(C)(C)c2cc([As]3SCCS3)ccc21. The molecule has 0 bridgehead atoms. The van der Waals surface area contributed by atoms with E-state index in [4.69, 9.17) is 0 Å². The van der Waals surface area contributed by atoms with E-state index in [-0.39, 0.29) is 16.6 Å². The van der Waals surface area contributed by atoms with Gasteiger partial charge in [-0.3, -0.25) is 0 Å². The summed E-state index contributed by atoms with van der Waals surface area (Å²) >= 11 is -2.20. The van der Waals surface area contributed by atoms with Crippen LogP contribution >= 0.6 is 40.1 Å². The second kappa shape index (κ2) is 15.8. The van der Waals surface area contributed by atoms with Crippen molar-refractivity contribution < 1.29 is 17.5 Å². The molecule has 0 amide bonds. The molecule has 0 unspecified atom stereocenters. The fourth-order valence-electron chi connectivity index (χ4n) is 7.19. The number of fused-ring (bicyclic) bond motifs is 2. The Morgan fingerprint density at radius 3 is 2.10 bits per heavy atom. The van der Waals surface area contributed by atoms with E-state index in [0.717, 1.165) is 13.1 Å². The molecule has 4 heterocycles. The minimum atomic E-state index is -3.96. The molecule has 0 aromatic heterocycles. The summed E-state index contributed by atoms with van der Waals surface area (Å²) < 4.78 is 38.0. The molecule has 4 aliphatic heterocycles. The second-order valence-corrected chi connectivity index (χ2v) is 38.9. The Hall–Kier alpha value is -0.183. The van der Waals surface area contributed by atoms with Crippen molar-refractivity contribution in [2.45, 2.75) is 77.6 Å². The van der Waals surface area contributed by atoms with Gasteiger partial charge in [0.05, 0.1) is 0 Å². The van der Waals surface area contributed by atoms with Gasteiger partial charge in [0.25, 0.3) is 0 Å². The van der Waals surface area contributed by atoms with Gasteiger partial charge in [-0.15, -0.1) is 0 Å². The Morgan fingerprint density at radius 2 is 1.48 bits per heavy atom. The van der Waals surface area contributed by atoms with Crippen LogP contribution in [0.4, 0.5) is 11.4 Å². The molecule has 0 spiro atoms. The van der Waals surface area contributed by atoms with Crippen molar-refractivity contribution in [2.75, 3.05) is 46.8 Å². The van der Waals surface area contributed by atoms with Gasteiger partial charge in [0, 0.05) is 0 Å². The summed E-state index contributed by atoms with van der Waals surface area (Å²) in [4.78, 5) is 2.41. The summed E-state index contributed by atoms with van der Waals surface area (Å²) in [7, 11) is 4.83. The number of anilines is 1. The Morgan fingerprint density at radius 1 is 0.854 bits per heavy atom. The Kier molecular flexibility index (Phi) is 12.4. The van der Waals surface area contributed by atoms with Crippen LogP contribution in [-0.4, -0.2) is 89.8 Å². The maximum atomic E-state index is 11.5. The number of nitrogens with zero attached hydrogens (tertiary/aromatic N) is 2.